The number of thioether (sulfide) groups is 1. The van der Waals surface area contributed by atoms with Crippen LogP contribution in [-0.2, 0) is 14.8 Å². The van der Waals surface area contributed by atoms with Gasteiger partial charge in [-0.05, 0) is 51.0 Å². The molecule has 0 amide bonds. The van der Waals surface area contributed by atoms with Crippen LogP contribution in [0.2, 0.25) is 0 Å². The van der Waals surface area contributed by atoms with E-state index >= 15 is 0 Å². The minimum atomic E-state index is -3.90. The van der Waals surface area contributed by atoms with E-state index in [1.54, 1.807) is 36.4 Å². The molecule has 0 saturated heterocycles. The summed E-state index contributed by atoms with van der Waals surface area (Å²) in [5.74, 6) is 0.131. The lowest BCUT2D eigenvalue weighted by Gasteiger charge is -2.23. The summed E-state index contributed by atoms with van der Waals surface area (Å²) in [6.45, 7) is 1.91. The Labute approximate surface area is 177 Å². The van der Waals surface area contributed by atoms with Gasteiger partial charge in [0.05, 0.1) is 4.90 Å². The molecule has 0 atom stereocenters. The third-order valence-corrected chi connectivity index (χ3v) is 6.57. The minimum absolute atomic E-state index is 0.126. The van der Waals surface area contributed by atoms with Crippen LogP contribution < -0.4 is 0 Å². The van der Waals surface area contributed by atoms with E-state index < -0.39 is 10.0 Å². The highest BCUT2D eigenvalue weighted by molar-refractivity contribution is 8.13. The number of ether oxygens (including phenoxy) is 1. The number of nitrogens with zero attached hydrogens (tertiary/aromatic N) is 2. The normalized spacial score (nSPS) is 16.6. The number of aliphatic imine (C=N–C) groups is 1. The largest absolute Gasteiger partial charge is 0.469 e. The van der Waals surface area contributed by atoms with Gasteiger partial charge in [0.2, 0.25) is 0 Å². The van der Waals surface area contributed by atoms with Crippen molar-refractivity contribution in [2.24, 2.45) is 9.39 Å². The lowest BCUT2D eigenvalue weighted by molar-refractivity contribution is 0.149. The molecule has 7 heteroatoms. The molecule has 1 aliphatic rings. The van der Waals surface area contributed by atoms with Gasteiger partial charge in [-0.25, -0.2) is 0 Å². The first-order chi connectivity index (χ1) is 14.0. The Hall–Kier alpha value is -2.12. The number of sulfonamides is 1. The molecule has 29 heavy (non-hydrogen) atoms. The second kappa shape index (κ2) is 10.1. The van der Waals surface area contributed by atoms with Gasteiger partial charge in [0.15, 0.2) is 5.84 Å². The fourth-order valence-corrected chi connectivity index (χ4v) is 4.50. The molecule has 0 spiro atoms. The number of aryl methyl sites for hydroxylation is 1. The molecule has 1 aliphatic carbocycles. The second-order valence-electron chi connectivity index (χ2n) is 7.03. The van der Waals surface area contributed by atoms with E-state index in [4.69, 9.17) is 4.74 Å². The Bertz CT molecular complexity index is 963. The van der Waals surface area contributed by atoms with Gasteiger partial charge in [0.1, 0.15) is 6.10 Å². The van der Waals surface area contributed by atoms with Crippen LogP contribution in [0.1, 0.15) is 43.2 Å². The Morgan fingerprint density at radius 3 is 2.28 bits per heavy atom. The Morgan fingerprint density at radius 2 is 1.66 bits per heavy atom. The minimum Gasteiger partial charge on any atom is -0.469 e. The maximum absolute atomic E-state index is 12.9. The predicted molar refractivity (Wildman–Crippen MR) is 120 cm³/mol. The van der Waals surface area contributed by atoms with Gasteiger partial charge in [-0.15, -0.1) is 4.40 Å². The Morgan fingerprint density at radius 1 is 1.00 bits per heavy atom. The highest BCUT2D eigenvalue weighted by Crippen LogP contribution is 2.23. The summed E-state index contributed by atoms with van der Waals surface area (Å²) in [4.78, 5) is 4.66. The summed E-state index contributed by atoms with van der Waals surface area (Å²) in [7, 11) is -3.90. The molecule has 1 fully saturated rings. The predicted octanol–water partition coefficient (Wildman–Crippen LogP) is 5.20. The SMILES string of the molecule is CSC(=NC(=NS(=O)(=O)c1ccc(C)cc1)c1ccccc1)OC1CCCCC1. The van der Waals surface area contributed by atoms with Crippen LogP contribution in [0.4, 0.5) is 0 Å². The zero-order valence-corrected chi connectivity index (χ0v) is 18.4. The van der Waals surface area contributed by atoms with Crippen molar-refractivity contribution in [2.75, 3.05) is 6.26 Å². The summed E-state index contributed by atoms with van der Waals surface area (Å²) in [5, 5.41) is 0.443. The summed E-state index contributed by atoms with van der Waals surface area (Å²) >= 11 is 1.36. The molecule has 0 heterocycles. The zero-order valence-electron chi connectivity index (χ0n) is 16.7. The fraction of sp³-hybridized carbons (Fsp3) is 0.364. The Kier molecular flexibility index (Phi) is 7.50. The monoisotopic (exact) mass is 430 g/mol. The number of rotatable bonds is 4. The molecule has 0 aliphatic heterocycles. The third kappa shape index (κ3) is 6.18. The molecule has 2 aromatic rings. The first-order valence-electron chi connectivity index (χ1n) is 9.74. The van der Waals surface area contributed by atoms with Crippen molar-refractivity contribution in [1.82, 2.24) is 0 Å². The van der Waals surface area contributed by atoms with Crippen LogP contribution in [0.5, 0.6) is 0 Å². The molecule has 0 N–H and O–H groups in total. The average molecular weight is 431 g/mol. The van der Waals surface area contributed by atoms with E-state index in [-0.39, 0.29) is 16.8 Å². The van der Waals surface area contributed by atoms with Crippen LogP contribution in [-0.4, -0.2) is 31.8 Å². The van der Waals surface area contributed by atoms with Gasteiger partial charge in [-0.2, -0.15) is 13.4 Å². The van der Waals surface area contributed by atoms with Crippen LogP contribution in [0.25, 0.3) is 0 Å². The van der Waals surface area contributed by atoms with Crippen molar-refractivity contribution in [3.8, 4) is 0 Å². The molecule has 2 aromatic carbocycles. The van der Waals surface area contributed by atoms with Gasteiger partial charge in [0.25, 0.3) is 15.3 Å². The highest BCUT2D eigenvalue weighted by Gasteiger charge is 2.19. The maximum Gasteiger partial charge on any atom is 0.284 e. The number of hydrogen-bond donors (Lipinski definition) is 0. The molecular formula is C22H26N2O3S2. The van der Waals surface area contributed by atoms with Crippen molar-refractivity contribution in [3.05, 3.63) is 65.7 Å². The molecule has 0 radical (unpaired) electrons. The van der Waals surface area contributed by atoms with Gasteiger partial charge in [-0.1, -0.05) is 66.2 Å². The number of hydrogen-bond acceptors (Lipinski definition) is 4. The molecule has 154 valence electrons. The van der Waals surface area contributed by atoms with E-state index in [0.717, 1.165) is 31.2 Å². The highest BCUT2D eigenvalue weighted by atomic mass is 32.2. The van der Waals surface area contributed by atoms with Gasteiger partial charge in [0, 0.05) is 5.56 Å². The Balaban J connectivity index is 1.97. The summed E-state index contributed by atoms with van der Waals surface area (Å²) in [5.41, 5.74) is 1.61. The van der Waals surface area contributed by atoms with Crippen molar-refractivity contribution in [3.63, 3.8) is 0 Å². The topological polar surface area (TPSA) is 68.1 Å². The summed E-state index contributed by atoms with van der Waals surface area (Å²) in [6.07, 6.45) is 7.52. The van der Waals surface area contributed by atoms with Crippen molar-refractivity contribution in [1.29, 1.82) is 0 Å². The van der Waals surface area contributed by atoms with Crippen molar-refractivity contribution >= 4 is 32.9 Å². The van der Waals surface area contributed by atoms with Crippen LogP contribution >= 0.6 is 11.8 Å². The lowest BCUT2D eigenvalue weighted by atomic mass is 9.98. The molecule has 0 aromatic heterocycles. The number of benzene rings is 2. The summed E-state index contributed by atoms with van der Waals surface area (Å²) in [6, 6.07) is 15.8. The van der Waals surface area contributed by atoms with E-state index in [1.807, 2.05) is 31.4 Å². The quantitative estimate of drug-likeness (QED) is 0.494. The third-order valence-electron chi connectivity index (χ3n) is 4.75. The first-order valence-corrected chi connectivity index (χ1v) is 12.4. The molecular weight excluding hydrogens is 404 g/mol. The van der Waals surface area contributed by atoms with Crippen molar-refractivity contribution in [2.45, 2.75) is 50.0 Å². The van der Waals surface area contributed by atoms with Gasteiger partial charge < -0.3 is 4.74 Å². The number of amidine groups is 1. The lowest BCUT2D eigenvalue weighted by Crippen LogP contribution is -2.20. The second-order valence-corrected chi connectivity index (χ2v) is 9.39. The standard InChI is InChI=1S/C22H26N2O3S2/c1-17-13-15-20(16-14-17)29(25,26)24-21(18-9-5-3-6-10-18)23-22(28-2)27-19-11-7-4-8-12-19/h3,5-6,9-10,13-16,19H,4,7-8,11-12H2,1-2H3. The average Bonchev–Trinajstić information content (AvgIpc) is 2.74. The molecule has 3 rings (SSSR count). The van der Waals surface area contributed by atoms with E-state index in [2.05, 4.69) is 9.39 Å². The van der Waals surface area contributed by atoms with Crippen LogP contribution in [0.3, 0.4) is 0 Å². The smallest absolute Gasteiger partial charge is 0.284 e. The van der Waals surface area contributed by atoms with E-state index in [9.17, 15) is 8.42 Å². The molecule has 1 saturated carbocycles. The zero-order chi connectivity index (χ0) is 20.7. The van der Waals surface area contributed by atoms with Crippen LogP contribution in [0.15, 0.2) is 68.9 Å². The summed E-state index contributed by atoms with van der Waals surface area (Å²) < 4.78 is 35.9. The van der Waals surface area contributed by atoms with Gasteiger partial charge in [-0.3, -0.25) is 0 Å². The van der Waals surface area contributed by atoms with Crippen LogP contribution in [0, 0.1) is 6.92 Å². The molecule has 0 bridgehead atoms. The molecule has 5 nitrogen and oxygen atoms in total. The maximum atomic E-state index is 12.9. The van der Waals surface area contributed by atoms with E-state index in [1.165, 1.54) is 18.2 Å². The van der Waals surface area contributed by atoms with Crippen molar-refractivity contribution < 1.29 is 13.2 Å². The first kappa shape index (κ1) is 21.6. The fourth-order valence-electron chi connectivity index (χ4n) is 3.13. The van der Waals surface area contributed by atoms with E-state index in [0.29, 0.717) is 10.8 Å². The van der Waals surface area contributed by atoms with Gasteiger partial charge >= 0.3 is 0 Å². The molecule has 0 unspecified atom stereocenters.